The van der Waals surface area contributed by atoms with Crippen LogP contribution in [0.2, 0.25) is 0 Å². The maximum atomic E-state index is 12.4. The number of fused-ring (bicyclic) bond motifs is 1. The van der Waals surface area contributed by atoms with Gasteiger partial charge in [0.15, 0.2) is 0 Å². The van der Waals surface area contributed by atoms with Crippen LogP contribution < -0.4 is 5.56 Å². The molecule has 0 fully saturated rings. The normalized spacial score (nSPS) is 11.3. The molecule has 0 atom stereocenters. The molecule has 0 bridgehead atoms. The molecule has 22 heavy (non-hydrogen) atoms. The van der Waals surface area contributed by atoms with Gasteiger partial charge in [-0.15, -0.1) is 11.3 Å². The van der Waals surface area contributed by atoms with E-state index in [0.717, 1.165) is 4.88 Å². The fourth-order valence-electron chi connectivity index (χ4n) is 2.08. The van der Waals surface area contributed by atoms with Gasteiger partial charge in [0.25, 0.3) is 5.56 Å². The third-order valence-corrected chi connectivity index (χ3v) is 4.12. The lowest BCUT2D eigenvalue weighted by atomic mass is 10.2. The Morgan fingerprint density at radius 3 is 2.82 bits per heavy atom. The van der Waals surface area contributed by atoms with Crippen LogP contribution in [0.25, 0.3) is 17.8 Å². The van der Waals surface area contributed by atoms with Gasteiger partial charge in [-0.1, -0.05) is 6.07 Å². The summed E-state index contributed by atoms with van der Waals surface area (Å²) in [7, 11) is 0. The predicted octanol–water partition coefficient (Wildman–Crippen LogP) is 2.93. The minimum Gasteiger partial charge on any atom is -0.478 e. The molecule has 0 amide bonds. The van der Waals surface area contributed by atoms with Crippen LogP contribution in [0.15, 0.2) is 40.6 Å². The van der Waals surface area contributed by atoms with Gasteiger partial charge < -0.3 is 5.11 Å². The maximum Gasteiger partial charge on any atom is 0.337 e. The Balaban J connectivity index is 2.14. The van der Waals surface area contributed by atoms with Crippen molar-refractivity contribution in [3.63, 3.8) is 0 Å². The van der Waals surface area contributed by atoms with Crippen molar-refractivity contribution < 1.29 is 9.90 Å². The first-order chi connectivity index (χ1) is 10.6. The highest BCUT2D eigenvalue weighted by Crippen LogP contribution is 2.14. The second kappa shape index (κ2) is 5.57. The summed E-state index contributed by atoms with van der Waals surface area (Å²) in [6.07, 6.45) is 5.00. The maximum absolute atomic E-state index is 12.4. The number of pyridine rings is 1. The Morgan fingerprint density at radius 1 is 1.32 bits per heavy atom. The lowest BCUT2D eigenvalue weighted by molar-refractivity contribution is 0.0696. The first-order valence-electron chi connectivity index (χ1n) is 6.54. The molecule has 3 aromatic rings. The number of nitrogens with zero attached hydrogens (tertiary/aromatic N) is 2. The van der Waals surface area contributed by atoms with Gasteiger partial charge in [-0.25, -0.2) is 9.78 Å². The molecule has 0 saturated heterocycles. The van der Waals surface area contributed by atoms with Gasteiger partial charge in [0.2, 0.25) is 0 Å². The minimum absolute atomic E-state index is 0.0534. The fraction of sp³-hybridized carbons (Fsp3) is 0.0625. The van der Waals surface area contributed by atoms with Crippen molar-refractivity contribution in [1.29, 1.82) is 0 Å². The Labute approximate surface area is 129 Å². The Hall–Kier alpha value is -2.73. The summed E-state index contributed by atoms with van der Waals surface area (Å²) in [4.78, 5) is 28.9. The number of rotatable bonds is 3. The Morgan fingerprint density at radius 2 is 2.14 bits per heavy atom. The third kappa shape index (κ3) is 2.56. The van der Waals surface area contributed by atoms with E-state index in [1.165, 1.54) is 22.7 Å². The number of hydrogen-bond donors (Lipinski definition) is 1. The number of hydrogen-bond acceptors (Lipinski definition) is 4. The van der Waals surface area contributed by atoms with Gasteiger partial charge in [-0.2, -0.15) is 0 Å². The summed E-state index contributed by atoms with van der Waals surface area (Å²) in [6.45, 7) is 1.68. The molecule has 0 spiro atoms. The molecule has 0 aromatic carbocycles. The zero-order valence-corrected chi connectivity index (χ0v) is 12.5. The molecule has 3 rings (SSSR count). The Kier molecular flexibility index (Phi) is 3.60. The Bertz CT molecular complexity index is 940. The summed E-state index contributed by atoms with van der Waals surface area (Å²) in [5, 5.41) is 11.0. The second-order valence-electron chi connectivity index (χ2n) is 4.73. The zero-order chi connectivity index (χ0) is 15.7. The zero-order valence-electron chi connectivity index (χ0n) is 11.7. The van der Waals surface area contributed by atoms with Gasteiger partial charge in [0.1, 0.15) is 5.65 Å². The molecule has 0 saturated carbocycles. The molecular weight excluding hydrogens is 300 g/mol. The van der Waals surface area contributed by atoms with Crippen LogP contribution >= 0.6 is 11.3 Å². The molecule has 0 aliphatic carbocycles. The number of thiophene rings is 1. The minimum atomic E-state index is -1.08. The van der Waals surface area contributed by atoms with E-state index in [0.29, 0.717) is 16.9 Å². The van der Waals surface area contributed by atoms with Crippen LogP contribution in [0.4, 0.5) is 0 Å². The van der Waals surface area contributed by atoms with Gasteiger partial charge in [0, 0.05) is 16.6 Å². The largest absolute Gasteiger partial charge is 0.478 e. The summed E-state index contributed by atoms with van der Waals surface area (Å²) >= 11 is 1.60. The molecule has 3 aromatic heterocycles. The molecule has 3 heterocycles. The molecule has 6 heteroatoms. The van der Waals surface area contributed by atoms with Crippen molar-refractivity contribution in [3.8, 4) is 0 Å². The molecule has 110 valence electrons. The molecule has 0 unspecified atom stereocenters. The van der Waals surface area contributed by atoms with E-state index in [-0.39, 0.29) is 11.1 Å². The number of carboxylic acids is 1. The summed E-state index contributed by atoms with van der Waals surface area (Å²) in [5.41, 5.74) is 1.28. The lowest BCUT2D eigenvalue weighted by Crippen LogP contribution is -2.20. The molecule has 1 N–H and O–H groups in total. The van der Waals surface area contributed by atoms with Gasteiger partial charge in [-0.3, -0.25) is 9.20 Å². The summed E-state index contributed by atoms with van der Waals surface area (Å²) in [6, 6.07) is 6.90. The molecule has 0 aliphatic rings. The lowest BCUT2D eigenvalue weighted by Gasteiger charge is -2.05. The van der Waals surface area contributed by atoms with E-state index in [1.807, 2.05) is 23.6 Å². The van der Waals surface area contributed by atoms with Crippen LogP contribution in [-0.4, -0.2) is 20.5 Å². The highest BCUT2D eigenvalue weighted by atomic mass is 32.1. The number of aromatic carboxylic acids is 1. The number of aromatic nitrogens is 2. The van der Waals surface area contributed by atoms with Crippen LogP contribution in [0.5, 0.6) is 0 Å². The van der Waals surface area contributed by atoms with Crippen molar-refractivity contribution in [2.75, 3.05) is 0 Å². The topological polar surface area (TPSA) is 71.7 Å². The van der Waals surface area contributed by atoms with Gasteiger partial charge in [-0.05, 0) is 42.7 Å². The average Bonchev–Trinajstić information content (AvgIpc) is 3.02. The number of carbonyl (C=O) groups is 1. The van der Waals surface area contributed by atoms with E-state index in [9.17, 15) is 9.59 Å². The smallest absolute Gasteiger partial charge is 0.337 e. The average molecular weight is 312 g/mol. The van der Waals surface area contributed by atoms with Crippen molar-refractivity contribution in [2.45, 2.75) is 6.92 Å². The van der Waals surface area contributed by atoms with E-state index in [4.69, 9.17) is 5.11 Å². The predicted molar refractivity (Wildman–Crippen MR) is 86.4 cm³/mol. The monoisotopic (exact) mass is 312 g/mol. The fourth-order valence-corrected chi connectivity index (χ4v) is 2.70. The quantitative estimate of drug-likeness (QED) is 0.807. The standard InChI is InChI=1S/C16H12N2O3S/c1-10-13(6-5-12-3-2-8-22-12)17-14-7-4-11(16(20)21)9-18(14)15(10)19/h2-9H,1H3,(H,20,21). The van der Waals surface area contributed by atoms with Crippen molar-refractivity contribution in [2.24, 2.45) is 0 Å². The van der Waals surface area contributed by atoms with Crippen LogP contribution in [0.1, 0.15) is 26.5 Å². The van der Waals surface area contributed by atoms with Crippen molar-refractivity contribution in [3.05, 3.63) is 67.9 Å². The SMILES string of the molecule is Cc1c(C=Cc2cccs2)nc2ccc(C(=O)O)cn2c1=O. The summed E-state index contributed by atoms with van der Waals surface area (Å²) < 4.78 is 1.27. The third-order valence-electron chi connectivity index (χ3n) is 3.28. The molecular formula is C16H12N2O3S. The van der Waals surface area contributed by atoms with Crippen LogP contribution in [0.3, 0.4) is 0 Å². The van der Waals surface area contributed by atoms with Crippen molar-refractivity contribution >= 4 is 35.1 Å². The highest BCUT2D eigenvalue weighted by molar-refractivity contribution is 7.10. The van der Waals surface area contributed by atoms with Gasteiger partial charge >= 0.3 is 5.97 Å². The van der Waals surface area contributed by atoms with Crippen molar-refractivity contribution in [1.82, 2.24) is 9.38 Å². The van der Waals surface area contributed by atoms with Crippen LogP contribution in [0, 0.1) is 6.92 Å². The van der Waals surface area contributed by atoms with E-state index >= 15 is 0 Å². The van der Waals surface area contributed by atoms with Gasteiger partial charge in [0.05, 0.1) is 11.3 Å². The van der Waals surface area contributed by atoms with E-state index in [1.54, 1.807) is 24.3 Å². The second-order valence-corrected chi connectivity index (χ2v) is 5.71. The highest BCUT2D eigenvalue weighted by Gasteiger charge is 2.09. The first-order valence-corrected chi connectivity index (χ1v) is 7.42. The van der Waals surface area contributed by atoms with Crippen LogP contribution in [-0.2, 0) is 0 Å². The molecule has 5 nitrogen and oxygen atoms in total. The molecule has 0 aliphatic heterocycles. The summed E-state index contributed by atoms with van der Waals surface area (Å²) in [5.74, 6) is -1.08. The van der Waals surface area contributed by atoms with E-state index in [2.05, 4.69) is 4.98 Å². The first kappa shape index (κ1) is 14.2. The van der Waals surface area contributed by atoms with E-state index < -0.39 is 5.97 Å². The molecule has 0 radical (unpaired) electrons. The number of carboxylic acid groups (broad SMARTS) is 1.